The average molecular weight is 280 g/mol. The lowest BCUT2D eigenvalue weighted by Crippen LogP contribution is -2.11. The zero-order valence-corrected chi connectivity index (χ0v) is 11.3. The molecule has 0 aliphatic heterocycles. The van der Waals surface area contributed by atoms with Gasteiger partial charge >= 0.3 is 5.63 Å². The van der Waals surface area contributed by atoms with Gasteiger partial charge in [0.1, 0.15) is 5.58 Å². The number of hydrogen-bond donors (Lipinski definition) is 1. The third-order valence-corrected chi connectivity index (χ3v) is 3.15. The Hall–Kier alpha value is -2.95. The Balaban J connectivity index is 1.95. The van der Waals surface area contributed by atoms with Gasteiger partial charge < -0.3 is 9.73 Å². The number of nitrogens with one attached hydrogen (secondary N) is 1. The molecule has 5 nitrogen and oxygen atoms in total. The molecule has 21 heavy (non-hydrogen) atoms. The molecule has 0 saturated heterocycles. The van der Waals surface area contributed by atoms with Crippen molar-refractivity contribution in [1.29, 1.82) is 0 Å². The highest BCUT2D eigenvalue weighted by molar-refractivity contribution is 6.04. The molecule has 0 spiro atoms. The predicted octanol–water partition coefficient (Wildman–Crippen LogP) is 2.75. The summed E-state index contributed by atoms with van der Waals surface area (Å²) in [5, 5.41) is 3.60. The van der Waals surface area contributed by atoms with Crippen LogP contribution in [0.1, 0.15) is 15.9 Å². The molecule has 0 saturated carbocycles. The lowest BCUT2D eigenvalue weighted by Gasteiger charge is -2.06. The van der Waals surface area contributed by atoms with Gasteiger partial charge in [-0.3, -0.25) is 9.78 Å². The predicted molar refractivity (Wildman–Crippen MR) is 79.4 cm³/mol. The van der Waals surface area contributed by atoms with Gasteiger partial charge in [0.05, 0.1) is 0 Å². The number of anilines is 1. The number of carbonyl (C=O) groups is 1. The maximum Gasteiger partial charge on any atom is 0.336 e. The van der Waals surface area contributed by atoms with E-state index in [2.05, 4.69) is 10.3 Å². The number of aromatic nitrogens is 1. The molecular weight excluding hydrogens is 268 g/mol. The van der Waals surface area contributed by atoms with E-state index in [1.54, 1.807) is 36.7 Å². The Kier molecular flexibility index (Phi) is 3.23. The summed E-state index contributed by atoms with van der Waals surface area (Å²) in [4.78, 5) is 27.3. The van der Waals surface area contributed by atoms with Crippen molar-refractivity contribution in [3.05, 3.63) is 70.3 Å². The molecule has 0 aliphatic rings. The highest BCUT2D eigenvalue weighted by Crippen LogP contribution is 2.21. The van der Waals surface area contributed by atoms with E-state index in [0.717, 1.165) is 10.9 Å². The van der Waals surface area contributed by atoms with Crippen LogP contribution in [0.15, 0.2) is 58.0 Å². The third kappa shape index (κ3) is 2.67. The van der Waals surface area contributed by atoms with Gasteiger partial charge in [-0.15, -0.1) is 0 Å². The summed E-state index contributed by atoms with van der Waals surface area (Å²) >= 11 is 0. The first-order valence-corrected chi connectivity index (χ1v) is 6.39. The van der Waals surface area contributed by atoms with E-state index in [4.69, 9.17) is 4.42 Å². The van der Waals surface area contributed by atoms with Crippen molar-refractivity contribution >= 4 is 22.6 Å². The Labute approximate surface area is 120 Å². The highest BCUT2D eigenvalue weighted by atomic mass is 16.4. The fourth-order valence-corrected chi connectivity index (χ4v) is 2.11. The molecule has 1 N–H and O–H groups in total. The number of aryl methyl sites for hydroxylation is 1. The Morgan fingerprint density at radius 2 is 1.90 bits per heavy atom. The van der Waals surface area contributed by atoms with Crippen molar-refractivity contribution in [1.82, 2.24) is 4.98 Å². The van der Waals surface area contributed by atoms with Gasteiger partial charge in [-0.1, -0.05) is 0 Å². The summed E-state index contributed by atoms with van der Waals surface area (Å²) < 4.78 is 5.15. The minimum absolute atomic E-state index is 0.244. The van der Waals surface area contributed by atoms with Crippen molar-refractivity contribution in [3.8, 4) is 0 Å². The normalized spacial score (nSPS) is 10.5. The first kappa shape index (κ1) is 13.1. The third-order valence-electron chi connectivity index (χ3n) is 3.15. The number of fused-ring (bicyclic) bond motifs is 1. The molecule has 0 unspecified atom stereocenters. The van der Waals surface area contributed by atoms with Crippen LogP contribution < -0.4 is 10.9 Å². The topological polar surface area (TPSA) is 72.2 Å². The van der Waals surface area contributed by atoms with E-state index in [1.165, 1.54) is 6.07 Å². The smallest absolute Gasteiger partial charge is 0.336 e. The number of hydrogen-bond acceptors (Lipinski definition) is 4. The number of rotatable bonds is 2. The summed E-state index contributed by atoms with van der Waals surface area (Å²) in [6.07, 6.45) is 3.11. The van der Waals surface area contributed by atoms with E-state index >= 15 is 0 Å². The van der Waals surface area contributed by atoms with Crippen molar-refractivity contribution in [2.24, 2.45) is 0 Å². The standard InChI is InChI=1S/C16H12N2O3/c1-10-8-15(19)21-14-9-12(2-3-13(10)14)18-16(20)11-4-6-17-7-5-11/h2-9H,1H3,(H,18,20). The van der Waals surface area contributed by atoms with E-state index < -0.39 is 5.63 Å². The molecule has 0 fully saturated rings. The molecule has 2 heterocycles. The van der Waals surface area contributed by atoms with Crippen molar-refractivity contribution in [2.45, 2.75) is 6.92 Å². The molecule has 3 rings (SSSR count). The molecule has 1 amide bonds. The average Bonchev–Trinajstić information content (AvgIpc) is 2.47. The molecule has 104 valence electrons. The second kappa shape index (κ2) is 5.20. The number of benzene rings is 1. The van der Waals surface area contributed by atoms with Gasteiger partial charge in [-0.25, -0.2) is 4.79 Å². The van der Waals surface area contributed by atoms with Crippen LogP contribution in [-0.4, -0.2) is 10.9 Å². The SMILES string of the molecule is Cc1cc(=O)oc2cc(NC(=O)c3ccncc3)ccc12. The van der Waals surface area contributed by atoms with Crippen LogP contribution >= 0.6 is 0 Å². The zero-order chi connectivity index (χ0) is 14.8. The summed E-state index contributed by atoms with van der Waals surface area (Å²) in [7, 11) is 0. The number of nitrogens with zero attached hydrogens (tertiary/aromatic N) is 1. The van der Waals surface area contributed by atoms with Crippen LogP contribution in [0.5, 0.6) is 0 Å². The number of pyridine rings is 1. The zero-order valence-electron chi connectivity index (χ0n) is 11.3. The van der Waals surface area contributed by atoms with E-state index in [1.807, 2.05) is 13.0 Å². The van der Waals surface area contributed by atoms with E-state index in [-0.39, 0.29) is 5.91 Å². The molecule has 3 aromatic rings. The molecular formula is C16H12N2O3. The molecule has 5 heteroatoms. The van der Waals surface area contributed by atoms with Crippen LogP contribution in [0, 0.1) is 6.92 Å². The van der Waals surface area contributed by atoms with Crippen LogP contribution in [0.25, 0.3) is 11.0 Å². The van der Waals surface area contributed by atoms with Crippen molar-refractivity contribution in [3.63, 3.8) is 0 Å². The van der Waals surface area contributed by atoms with E-state index in [0.29, 0.717) is 16.8 Å². The first-order valence-electron chi connectivity index (χ1n) is 6.39. The lowest BCUT2D eigenvalue weighted by atomic mass is 10.1. The monoisotopic (exact) mass is 280 g/mol. The second-order valence-corrected chi connectivity index (χ2v) is 4.65. The molecule has 1 aromatic carbocycles. The van der Waals surface area contributed by atoms with Gasteiger partial charge in [0.2, 0.25) is 0 Å². The maximum absolute atomic E-state index is 12.1. The van der Waals surface area contributed by atoms with Gasteiger partial charge in [0, 0.05) is 41.2 Å². The lowest BCUT2D eigenvalue weighted by molar-refractivity contribution is 0.102. The highest BCUT2D eigenvalue weighted by Gasteiger charge is 2.08. The van der Waals surface area contributed by atoms with Gasteiger partial charge in [0.15, 0.2) is 0 Å². The minimum Gasteiger partial charge on any atom is -0.423 e. The Bertz CT molecular complexity index is 870. The fourth-order valence-electron chi connectivity index (χ4n) is 2.11. The van der Waals surface area contributed by atoms with Crippen LogP contribution in [0.4, 0.5) is 5.69 Å². The minimum atomic E-state index is -0.405. The van der Waals surface area contributed by atoms with Crippen LogP contribution in [-0.2, 0) is 0 Å². The number of amides is 1. The summed E-state index contributed by atoms with van der Waals surface area (Å²) in [6, 6.07) is 9.92. The van der Waals surface area contributed by atoms with Crippen molar-refractivity contribution < 1.29 is 9.21 Å². The van der Waals surface area contributed by atoms with Gasteiger partial charge in [0.25, 0.3) is 5.91 Å². The second-order valence-electron chi connectivity index (χ2n) is 4.65. The molecule has 0 bridgehead atoms. The largest absolute Gasteiger partial charge is 0.423 e. The van der Waals surface area contributed by atoms with Gasteiger partial charge in [-0.2, -0.15) is 0 Å². The van der Waals surface area contributed by atoms with Crippen molar-refractivity contribution in [2.75, 3.05) is 5.32 Å². The van der Waals surface area contributed by atoms with Crippen LogP contribution in [0.3, 0.4) is 0 Å². The van der Waals surface area contributed by atoms with E-state index in [9.17, 15) is 9.59 Å². The van der Waals surface area contributed by atoms with Gasteiger partial charge in [-0.05, 0) is 36.8 Å². The Morgan fingerprint density at radius 1 is 1.14 bits per heavy atom. The maximum atomic E-state index is 12.1. The van der Waals surface area contributed by atoms with Crippen LogP contribution in [0.2, 0.25) is 0 Å². The quantitative estimate of drug-likeness (QED) is 0.733. The Morgan fingerprint density at radius 3 is 2.67 bits per heavy atom. The molecule has 0 aliphatic carbocycles. The molecule has 0 atom stereocenters. The molecule has 2 aromatic heterocycles. The summed E-state index contributed by atoms with van der Waals surface area (Å²) in [5.41, 5.74) is 1.97. The first-order chi connectivity index (χ1) is 10.1. The number of carbonyl (C=O) groups excluding carboxylic acids is 1. The summed E-state index contributed by atoms with van der Waals surface area (Å²) in [5.74, 6) is -0.244. The summed E-state index contributed by atoms with van der Waals surface area (Å²) in [6.45, 7) is 1.84. The fraction of sp³-hybridized carbons (Fsp3) is 0.0625. The molecule has 0 radical (unpaired) electrons.